The maximum Gasteiger partial charge on any atom is 0.0479 e. The van der Waals surface area contributed by atoms with Gasteiger partial charge in [-0.25, -0.2) is 0 Å². The molecule has 0 saturated heterocycles. The highest BCUT2D eigenvalue weighted by atomic mass is 16.5. The highest BCUT2D eigenvalue weighted by Gasteiger charge is 2.14. The van der Waals surface area contributed by atoms with Gasteiger partial charge >= 0.3 is 0 Å². The van der Waals surface area contributed by atoms with Crippen LogP contribution in [0.25, 0.3) is 0 Å². The Balaban J connectivity index is 2.09. The number of benzene rings is 1. The minimum absolute atomic E-state index is 0.831. The molecule has 0 fully saturated rings. The van der Waals surface area contributed by atoms with Gasteiger partial charge in [-0.2, -0.15) is 0 Å². The molecule has 1 aliphatic rings. The monoisotopic (exact) mass is 234 g/mol. The molecule has 94 valence electrons. The van der Waals surface area contributed by atoms with E-state index < -0.39 is 0 Å². The van der Waals surface area contributed by atoms with E-state index in [2.05, 4.69) is 35.5 Å². The molecule has 2 rings (SSSR count). The van der Waals surface area contributed by atoms with Crippen molar-refractivity contribution >= 4 is 5.69 Å². The molecule has 0 radical (unpaired) electrons. The lowest BCUT2D eigenvalue weighted by Crippen LogP contribution is -2.28. The second-order valence-corrected chi connectivity index (χ2v) is 4.61. The van der Waals surface area contributed by atoms with E-state index in [1.165, 1.54) is 16.8 Å². The first kappa shape index (κ1) is 12.4. The average Bonchev–Trinajstić information content (AvgIpc) is 2.38. The molecule has 17 heavy (non-hydrogen) atoms. The number of fused-ring (bicyclic) bond motifs is 1. The Morgan fingerprint density at radius 3 is 3.12 bits per heavy atom. The summed E-state index contributed by atoms with van der Waals surface area (Å²) in [6, 6.07) is 6.65. The highest BCUT2D eigenvalue weighted by molar-refractivity contribution is 5.57. The van der Waals surface area contributed by atoms with E-state index in [-0.39, 0.29) is 0 Å². The summed E-state index contributed by atoms with van der Waals surface area (Å²) in [6.07, 6.45) is 2.22. The van der Waals surface area contributed by atoms with Gasteiger partial charge in [0.2, 0.25) is 0 Å². The van der Waals surface area contributed by atoms with Crippen molar-refractivity contribution in [3.05, 3.63) is 29.3 Å². The molecule has 0 aromatic heterocycles. The maximum absolute atomic E-state index is 5.10. The van der Waals surface area contributed by atoms with Crippen molar-refractivity contribution in [2.24, 2.45) is 0 Å². The summed E-state index contributed by atoms with van der Waals surface area (Å²) in [5.41, 5.74) is 4.34. The Morgan fingerprint density at radius 1 is 1.41 bits per heavy atom. The maximum atomic E-state index is 5.10. The minimum Gasteiger partial charge on any atom is -0.385 e. The molecule has 3 nitrogen and oxygen atoms in total. The van der Waals surface area contributed by atoms with Gasteiger partial charge in [-0.05, 0) is 36.6 Å². The van der Waals surface area contributed by atoms with Gasteiger partial charge in [-0.1, -0.05) is 12.1 Å². The molecule has 0 amide bonds. The van der Waals surface area contributed by atoms with Crippen LogP contribution in [0.1, 0.15) is 17.5 Å². The number of methoxy groups -OCH3 is 1. The van der Waals surface area contributed by atoms with E-state index in [9.17, 15) is 0 Å². The van der Waals surface area contributed by atoms with Crippen LogP contribution in [0.15, 0.2) is 18.2 Å². The number of hydrogen-bond acceptors (Lipinski definition) is 3. The smallest absolute Gasteiger partial charge is 0.0479 e. The van der Waals surface area contributed by atoms with Crippen LogP contribution in [0.2, 0.25) is 0 Å². The molecule has 0 aliphatic carbocycles. The molecule has 0 saturated carbocycles. The second kappa shape index (κ2) is 6.03. The Morgan fingerprint density at radius 2 is 2.29 bits per heavy atom. The molecule has 0 spiro atoms. The molecule has 1 aromatic rings. The van der Waals surface area contributed by atoms with Crippen molar-refractivity contribution in [2.75, 3.05) is 38.8 Å². The first-order valence-corrected chi connectivity index (χ1v) is 6.34. The largest absolute Gasteiger partial charge is 0.385 e. The molecule has 1 aliphatic heterocycles. The average molecular weight is 234 g/mol. The van der Waals surface area contributed by atoms with Crippen LogP contribution in [-0.4, -0.2) is 33.9 Å². The van der Waals surface area contributed by atoms with Crippen molar-refractivity contribution in [2.45, 2.75) is 19.4 Å². The summed E-state index contributed by atoms with van der Waals surface area (Å²) in [5, 5.41) is 3.45. The summed E-state index contributed by atoms with van der Waals surface area (Å²) in [7, 11) is 3.92. The Bertz CT molecular complexity index is 365. The Labute approximate surface area is 104 Å². The number of nitrogens with zero attached hydrogens (tertiary/aromatic N) is 1. The molecule has 0 unspecified atom stereocenters. The van der Waals surface area contributed by atoms with E-state index in [0.717, 1.165) is 39.1 Å². The zero-order chi connectivity index (χ0) is 12.1. The lowest BCUT2D eigenvalue weighted by atomic mass is 9.99. The number of ether oxygens (including phenoxy) is 1. The Kier molecular flexibility index (Phi) is 4.40. The summed E-state index contributed by atoms with van der Waals surface area (Å²) in [5.74, 6) is 0. The molecule has 3 heteroatoms. The number of nitrogens with one attached hydrogen (secondary N) is 1. The van der Waals surface area contributed by atoms with E-state index >= 15 is 0 Å². The van der Waals surface area contributed by atoms with Gasteiger partial charge in [-0.15, -0.1) is 0 Å². The Hall–Kier alpha value is -1.06. The van der Waals surface area contributed by atoms with Crippen LogP contribution < -0.4 is 10.2 Å². The minimum atomic E-state index is 0.831. The number of rotatable bonds is 5. The van der Waals surface area contributed by atoms with E-state index in [0.29, 0.717) is 0 Å². The third kappa shape index (κ3) is 2.99. The normalized spacial score (nSPS) is 14.5. The summed E-state index contributed by atoms with van der Waals surface area (Å²) in [6.45, 7) is 3.98. The van der Waals surface area contributed by atoms with E-state index in [1.54, 1.807) is 7.11 Å². The SMILES string of the molecule is COCCCN(C)c1cccc2c1CNCC2. The molecule has 1 heterocycles. The summed E-state index contributed by atoms with van der Waals surface area (Å²) >= 11 is 0. The molecule has 1 N–H and O–H groups in total. The van der Waals surface area contributed by atoms with Crippen molar-refractivity contribution in [3.8, 4) is 0 Å². The van der Waals surface area contributed by atoms with E-state index in [1.807, 2.05) is 0 Å². The third-order valence-corrected chi connectivity index (χ3v) is 3.37. The zero-order valence-corrected chi connectivity index (χ0v) is 10.8. The van der Waals surface area contributed by atoms with Crippen LogP contribution >= 0.6 is 0 Å². The van der Waals surface area contributed by atoms with Gasteiger partial charge in [0.05, 0.1) is 0 Å². The molecular formula is C14H22N2O. The van der Waals surface area contributed by atoms with Crippen molar-refractivity contribution < 1.29 is 4.74 Å². The van der Waals surface area contributed by atoms with Gasteiger partial charge < -0.3 is 15.0 Å². The predicted molar refractivity (Wildman–Crippen MR) is 71.6 cm³/mol. The van der Waals surface area contributed by atoms with Crippen LogP contribution in [0.3, 0.4) is 0 Å². The first-order valence-electron chi connectivity index (χ1n) is 6.34. The van der Waals surface area contributed by atoms with Crippen LogP contribution in [0.4, 0.5) is 5.69 Å². The summed E-state index contributed by atoms with van der Waals surface area (Å²) < 4.78 is 5.10. The fourth-order valence-corrected chi connectivity index (χ4v) is 2.42. The lowest BCUT2D eigenvalue weighted by molar-refractivity contribution is 0.196. The fraction of sp³-hybridized carbons (Fsp3) is 0.571. The topological polar surface area (TPSA) is 24.5 Å². The van der Waals surface area contributed by atoms with Crippen LogP contribution in [-0.2, 0) is 17.7 Å². The van der Waals surface area contributed by atoms with Crippen molar-refractivity contribution in [1.82, 2.24) is 5.32 Å². The van der Waals surface area contributed by atoms with Crippen molar-refractivity contribution in [1.29, 1.82) is 0 Å². The molecule has 0 bridgehead atoms. The highest BCUT2D eigenvalue weighted by Crippen LogP contribution is 2.25. The van der Waals surface area contributed by atoms with Gasteiger partial charge in [0, 0.05) is 39.5 Å². The number of anilines is 1. The standard InChI is InChI=1S/C14H22N2O/c1-16(9-4-10-17-2)14-6-3-5-12-7-8-15-11-13(12)14/h3,5-6,15H,4,7-11H2,1-2H3. The van der Waals surface area contributed by atoms with Gasteiger partial charge in [0.15, 0.2) is 0 Å². The molecule has 0 atom stereocenters. The van der Waals surface area contributed by atoms with E-state index in [4.69, 9.17) is 4.74 Å². The lowest BCUT2D eigenvalue weighted by Gasteiger charge is -2.27. The quantitative estimate of drug-likeness (QED) is 0.786. The summed E-state index contributed by atoms with van der Waals surface area (Å²) in [4.78, 5) is 2.34. The molecule has 1 aromatic carbocycles. The second-order valence-electron chi connectivity index (χ2n) is 4.61. The van der Waals surface area contributed by atoms with Gasteiger partial charge in [0.25, 0.3) is 0 Å². The molecular weight excluding hydrogens is 212 g/mol. The zero-order valence-electron chi connectivity index (χ0n) is 10.8. The number of hydrogen-bond donors (Lipinski definition) is 1. The predicted octanol–water partition coefficient (Wildman–Crippen LogP) is 1.81. The van der Waals surface area contributed by atoms with Gasteiger partial charge in [0.1, 0.15) is 0 Å². The third-order valence-electron chi connectivity index (χ3n) is 3.37. The van der Waals surface area contributed by atoms with Crippen LogP contribution in [0, 0.1) is 0 Å². The fourth-order valence-electron chi connectivity index (χ4n) is 2.42. The van der Waals surface area contributed by atoms with Crippen molar-refractivity contribution in [3.63, 3.8) is 0 Å². The van der Waals surface area contributed by atoms with Gasteiger partial charge in [-0.3, -0.25) is 0 Å². The van der Waals surface area contributed by atoms with Crippen LogP contribution in [0.5, 0.6) is 0 Å². The first-order chi connectivity index (χ1) is 8.33.